The van der Waals surface area contributed by atoms with E-state index in [0.717, 1.165) is 16.9 Å². The van der Waals surface area contributed by atoms with Crippen molar-refractivity contribution in [3.05, 3.63) is 73.9 Å². The molecule has 0 N–H and O–H groups in total. The highest BCUT2D eigenvalue weighted by molar-refractivity contribution is 6.31. The number of amides is 1. The summed E-state index contributed by atoms with van der Waals surface area (Å²) in [6.45, 7) is 1.25. The Morgan fingerprint density at radius 1 is 0.923 bits per heavy atom. The van der Waals surface area contributed by atoms with E-state index < -0.39 is 0 Å². The Kier molecular flexibility index (Phi) is 3.43. The van der Waals surface area contributed by atoms with Gasteiger partial charge in [-0.25, -0.2) is 0 Å². The molecule has 6 heteroatoms. The van der Waals surface area contributed by atoms with E-state index in [-0.39, 0.29) is 17.3 Å². The number of benzene rings is 2. The van der Waals surface area contributed by atoms with Crippen molar-refractivity contribution in [2.45, 2.75) is 18.9 Å². The highest BCUT2D eigenvalue weighted by atomic mass is 35.5. The minimum atomic E-state index is -0.261. The normalized spacial score (nSPS) is 18.5. The molecule has 0 aliphatic carbocycles. The van der Waals surface area contributed by atoms with Crippen LogP contribution in [-0.2, 0) is 11.3 Å². The lowest BCUT2D eigenvalue weighted by Gasteiger charge is -2.31. The number of anilines is 1. The number of aromatic nitrogens is 1. The molecule has 1 unspecified atom stereocenters. The Labute approximate surface area is 159 Å². The molecule has 1 aromatic heterocycles. The predicted molar refractivity (Wildman–Crippen MR) is 103 cm³/mol. The van der Waals surface area contributed by atoms with Crippen LogP contribution < -0.4 is 10.3 Å². The fourth-order valence-electron chi connectivity index (χ4n) is 4.17. The highest BCUT2D eigenvalue weighted by Gasteiger charge is 2.39. The number of carbonyl (C=O) groups is 1. The lowest BCUT2D eigenvalue weighted by molar-refractivity contribution is -0.119. The summed E-state index contributed by atoms with van der Waals surface area (Å²) in [5.41, 5.74) is 2.39. The first-order valence-corrected chi connectivity index (χ1v) is 9.22. The van der Waals surface area contributed by atoms with Crippen molar-refractivity contribution < 1.29 is 4.79 Å². The summed E-state index contributed by atoms with van der Waals surface area (Å²) in [7, 11) is 0. The van der Waals surface area contributed by atoms with Gasteiger partial charge in [-0.05, 0) is 35.9 Å². The molecule has 1 atom stereocenters. The lowest BCUT2D eigenvalue weighted by atomic mass is 9.85. The van der Waals surface area contributed by atoms with Crippen molar-refractivity contribution in [3.63, 3.8) is 0 Å². The molecule has 3 aromatic rings. The molecule has 3 heterocycles. The monoisotopic (exact) mass is 384 g/mol. The van der Waals surface area contributed by atoms with Gasteiger partial charge < -0.3 is 4.57 Å². The zero-order valence-corrected chi connectivity index (χ0v) is 15.2. The molecular weight excluding hydrogens is 371 g/mol. The van der Waals surface area contributed by atoms with Gasteiger partial charge in [-0.2, -0.15) is 0 Å². The molecule has 2 aromatic carbocycles. The number of carbonyl (C=O) groups excluding carboxylic acids is 1. The summed E-state index contributed by atoms with van der Waals surface area (Å²) >= 11 is 12.2. The van der Waals surface area contributed by atoms with E-state index >= 15 is 0 Å². The van der Waals surface area contributed by atoms with E-state index in [2.05, 4.69) is 4.57 Å². The van der Waals surface area contributed by atoms with Gasteiger partial charge in [0.15, 0.2) is 5.43 Å². The third-order valence-corrected chi connectivity index (χ3v) is 5.83. The molecule has 0 bridgehead atoms. The van der Waals surface area contributed by atoms with Crippen LogP contribution in [0.2, 0.25) is 10.0 Å². The third kappa shape index (κ3) is 2.15. The minimum Gasteiger partial charge on any atom is -0.325 e. The fourth-order valence-corrected chi connectivity index (χ4v) is 4.47. The standard InChI is InChI=1S/C20H14Cl2N2O2/c21-12-3-1-11(2-4-12)15-10-17(25)24-8-7-23-16-9-13(22)5-6-14(16)19(26)18(15)20(23)24/h1-6,9,15H,7-8,10H2. The van der Waals surface area contributed by atoms with Gasteiger partial charge in [0, 0.05) is 46.4 Å². The van der Waals surface area contributed by atoms with Crippen LogP contribution in [0.4, 0.5) is 5.82 Å². The first-order chi connectivity index (χ1) is 12.5. The van der Waals surface area contributed by atoms with Gasteiger partial charge in [0.05, 0.1) is 5.52 Å². The molecule has 0 fully saturated rings. The summed E-state index contributed by atoms with van der Waals surface area (Å²) in [6, 6.07) is 12.7. The molecule has 2 aliphatic rings. The number of hydrogen-bond donors (Lipinski definition) is 0. The van der Waals surface area contributed by atoms with E-state index in [1.54, 1.807) is 35.2 Å². The van der Waals surface area contributed by atoms with Crippen molar-refractivity contribution in [2.24, 2.45) is 0 Å². The van der Waals surface area contributed by atoms with Crippen LogP contribution in [0.1, 0.15) is 23.5 Å². The number of nitrogens with zero attached hydrogens (tertiary/aromatic N) is 2. The molecule has 0 spiro atoms. The SMILES string of the molecule is O=C1CC(c2ccc(Cl)cc2)c2c3n(c4cc(Cl)ccc4c2=O)CCN13. The summed E-state index contributed by atoms with van der Waals surface area (Å²) < 4.78 is 2.05. The van der Waals surface area contributed by atoms with Gasteiger partial charge in [0.2, 0.25) is 5.91 Å². The minimum absolute atomic E-state index is 0.0257. The molecular formula is C20H14Cl2N2O2. The van der Waals surface area contributed by atoms with E-state index in [1.165, 1.54) is 0 Å². The zero-order valence-electron chi connectivity index (χ0n) is 13.7. The van der Waals surface area contributed by atoms with E-state index in [4.69, 9.17) is 23.2 Å². The Hall–Kier alpha value is -2.30. The molecule has 2 aliphatic heterocycles. The second kappa shape index (κ2) is 5.60. The number of hydrogen-bond acceptors (Lipinski definition) is 2. The predicted octanol–water partition coefficient (Wildman–Crippen LogP) is 4.19. The van der Waals surface area contributed by atoms with Gasteiger partial charge in [0.1, 0.15) is 5.82 Å². The highest BCUT2D eigenvalue weighted by Crippen LogP contribution is 2.42. The van der Waals surface area contributed by atoms with Gasteiger partial charge in [-0.1, -0.05) is 35.3 Å². The van der Waals surface area contributed by atoms with Crippen molar-refractivity contribution in [1.29, 1.82) is 0 Å². The molecule has 0 radical (unpaired) electrons. The number of halogens is 2. The van der Waals surface area contributed by atoms with Gasteiger partial charge in [-0.15, -0.1) is 0 Å². The van der Waals surface area contributed by atoms with Crippen molar-refractivity contribution in [3.8, 4) is 0 Å². The largest absolute Gasteiger partial charge is 0.325 e. The first kappa shape index (κ1) is 15.9. The number of fused-ring (bicyclic) bond motifs is 2. The maximum atomic E-state index is 13.3. The zero-order chi connectivity index (χ0) is 18.0. The van der Waals surface area contributed by atoms with Crippen molar-refractivity contribution in [2.75, 3.05) is 11.4 Å². The van der Waals surface area contributed by atoms with Crippen molar-refractivity contribution in [1.82, 2.24) is 4.57 Å². The third-order valence-electron chi connectivity index (χ3n) is 5.34. The average molecular weight is 385 g/mol. The topological polar surface area (TPSA) is 42.3 Å². The van der Waals surface area contributed by atoms with Gasteiger partial charge >= 0.3 is 0 Å². The van der Waals surface area contributed by atoms with Crippen LogP contribution >= 0.6 is 23.2 Å². The van der Waals surface area contributed by atoms with E-state index in [1.807, 2.05) is 12.1 Å². The summed E-state index contributed by atoms with van der Waals surface area (Å²) in [4.78, 5) is 27.8. The molecule has 1 amide bonds. The average Bonchev–Trinajstić information content (AvgIpc) is 3.07. The van der Waals surface area contributed by atoms with Gasteiger partial charge in [0.25, 0.3) is 0 Å². The van der Waals surface area contributed by atoms with Crippen LogP contribution in [0.25, 0.3) is 10.9 Å². The molecule has 5 rings (SSSR count). The molecule has 26 heavy (non-hydrogen) atoms. The summed E-state index contributed by atoms with van der Waals surface area (Å²) in [5, 5.41) is 1.85. The smallest absolute Gasteiger partial charge is 0.229 e. The summed E-state index contributed by atoms with van der Waals surface area (Å²) in [6.07, 6.45) is 0.295. The van der Waals surface area contributed by atoms with Crippen LogP contribution in [-0.4, -0.2) is 17.0 Å². The Morgan fingerprint density at radius 3 is 2.42 bits per heavy atom. The van der Waals surface area contributed by atoms with Crippen LogP contribution in [0.5, 0.6) is 0 Å². The van der Waals surface area contributed by atoms with E-state index in [0.29, 0.717) is 40.5 Å². The fraction of sp³-hybridized carbons (Fsp3) is 0.200. The second-order valence-corrected chi connectivity index (χ2v) is 7.61. The van der Waals surface area contributed by atoms with E-state index in [9.17, 15) is 9.59 Å². The Balaban J connectivity index is 1.86. The molecule has 130 valence electrons. The lowest BCUT2D eigenvalue weighted by Crippen LogP contribution is -2.38. The Bertz CT molecular complexity index is 1140. The quantitative estimate of drug-likeness (QED) is 0.631. The number of pyridine rings is 1. The molecule has 0 saturated carbocycles. The maximum Gasteiger partial charge on any atom is 0.229 e. The van der Waals surface area contributed by atoms with Crippen LogP contribution in [0.15, 0.2) is 47.3 Å². The number of rotatable bonds is 1. The van der Waals surface area contributed by atoms with Crippen LogP contribution in [0.3, 0.4) is 0 Å². The van der Waals surface area contributed by atoms with Crippen molar-refractivity contribution >= 4 is 45.8 Å². The molecule has 0 saturated heterocycles. The second-order valence-electron chi connectivity index (χ2n) is 6.73. The first-order valence-electron chi connectivity index (χ1n) is 8.46. The Morgan fingerprint density at radius 2 is 1.65 bits per heavy atom. The van der Waals surface area contributed by atoms with Gasteiger partial charge in [-0.3, -0.25) is 14.5 Å². The molecule has 4 nitrogen and oxygen atoms in total. The van der Waals surface area contributed by atoms with Crippen LogP contribution in [0, 0.1) is 0 Å². The summed E-state index contributed by atoms with van der Waals surface area (Å²) in [5.74, 6) is 0.508. The maximum absolute atomic E-state index is 13.3.